The molecule has 0 saturated heterocycles. The summed E-state index contributed by atoms with van der Waals surface area (Å²) in [5.41, 5.74) is 10.7. The lowest BCUT2D eigenvalue weighted by Crippen LogP contribution is -2.20. The van der Waals surface area contributed by atoms with Crippen LogP contribution in [0.4, 0.5) is 0 Å². The molecule has 0 radical (unpaired) electrons. The number of aliphatic hydroxyl groups excluding tert-OH is 1. The maximum atomic E-state index is 10.7. The third kappa shape index (κ3) is 2.47. The van der Waals surface area contributed by atoms with Gasteiger partial charge in [0.2, 0.25) is 0 Å². The third-order valence-corrected chi connectivity index (χ3v) is 4.23. The van der Waals surface area contributed by atoms with Gasteiger partial charge in [-0.1, -0.05) is 18.2 Å². The molecule has 2 aromatic rings. The van der Waals surface area contributed by atoms with Crippen LogP contribution in [0.5, 0.6) is 0 Å². The van der Waals surface area contributed by atoms with Gasteiger partial charge in [0.05, 0.1) is 6.10 Å². The van der Waals surface area contributed by atoms with Crippen LogP contribution < -0.4 is 5.73 Å². The number of rotatable bonds is 4. The summed E-state index contributed by atoms with van der Waals surface area (Å²) in [4.78, 5) is 4.02. The standard InChI is InChI=1S/C17H20N2O/c18-11-16(13-6-8-19-9-7-13)17(20)15-5-4-12-2-1-3-14(12)10-15/h4-10,16-17,20H,1-3,11,18H2. The highest BCUT2D eigenvalue weighted by atomic mass is 16.3. The van der Waals surface area contributed by atoms with E-state index in [9.17, 15) is 5.11 Å². The molecule has 3 nitrogen and oxygen atoms in total. The molecule has 1 aliphatic rings. The SMILES string of the molecule is NCC(c1ccncc1)C(O)c1ccc2c(c1)CCC2. The zero-order valence-corrected chi connectivity index (χ0v) is 11.5. The van der Waals surface area contributed by atoms with Crippen molar-refractivity contribution < 1.29 is 5.11 Å². The maximum absolute atomic E-state index is 10.7. The highest BCUT2D eigenvalue weighted by Gasteiger charge is 2.23. The zero-order chi connectivity index (χ0) is 13.9. The van der Waals surface area contributed by atoms with E-state index in [2.05, 4.69) is 17.1 Å². The predicted octanol–water partition coefficient (Wildman–Crippen LogP) is 2.35. The van der Waals surface area contributed by atoms with Gasteiger partial charge in [-0.05, 0) is 53.6 Å². The van der Waals surface area contributed by atoms with E-state index in [1.54, 1.807) is 12.4 Å². The van der Waals surface area contributed by atoms with E-state index < -0.39 is 6.10 Å². The monoisotopic (exact) mass is 268 g/mol. The van der Waals surface area contributed by atoms with E-state index in [1.165, 1.54) is 17.5 Å². The molecule has 0 spiro atoms. The first-order chi connectivity index (χ1) is 9.79. The number of nitrogens with zero attached hydrogens (tertiary/aromatic N) is 1. The lowest BCUT2D eigenvalue weighted by atomic mass is 9.88. The van der Waals surface area contributed by atoms with Gasteiger partial charge in [-0.15, -0.1) is 0 Å². The predicted molar refractivity (Wildman–Crippen MR) is 79.5 cm³/mol. The summed E-state index contributed by atoms with van der Waals surface area (Å²) >= 11 is 0. The first-order valence-electron chi connectivity index (χ1n) is 7.19. The topological polar surface area (TPSA) is 59.1 Å². The molecule has 3 N–H and O–H groups in total. The Labute approximate surface area is 119 Å². The summed E-state index contributed by atoms with van der Waals surface area (Å²) in [6, 6.07) is 10.2. The fraction of sp³-hybridized carbons (Fsp3) is 0.353. The number of aryl methyl sites for hydroxylation is 2. The fourth-order valence-electron chi connectivity index (χ4n) is 3.07. The molecule has 1 aliphatic carbocycles. The van der Waals surface area contributed by atoms with Crippen molar-refractivity contribution in [2.75, 3.05) is 6.54 Å². The molecule has 0 saturated carbocycles. The molecule has 1 aromatic heterocycles. The smallest absolute Gasteiger partial charge is 0.0870 e. The average Bonchev–Trinajstić information content (AvgIpc) is 2.96. The Morgan fingerprint density at radius 1 is 1.05 bits per heavy atom. The summed E-state index contributed by atoms with van der Waals surface area (Å²) in [6.07, 6.45) is 6.43. The number of aromatic nitrogens is 1. The minimum absolute atomic E-state index is 0.0857. The first-order valence-corrected chi connectivity index (χ1v) is 7.19. The van der Waals surface area contributed by atoms with Gasteiger partial charge in [-0.25, -0.2) is 0 Å². The maximum Gasteiger partial charge on any atom is 0.0870 e. The molecule has 20 heavy (non-hydrogen) atoms. The summed E-state index contributed by atoms with van der Waals surface area (Å²) in [5.74, 6) is -0.0857. The fourth-order valence-corrected chi connectivity index (χ4v) is 3.07. The van der Waals surface area contributed by atoms with E-state index in [4.69, 9.17) is 5.73 Å². The van der Waals surface area contributed by atoms with Gasteiger partial charge in [0.1, 0.15) is 0 Å². The minimum Gasteiger partial charge on any atom is -0.388 e. The number of benzene rings is 1. The van der Waals surface area contributed by atoms with E-state index in [0.29, 0.717) is 6.54 Å². The van der Waals surface area contributed by atoms with Crippen LogP contribution in [0.3, 0.4) is 0 Å². The van der Waals surface area contributed by atoms with Gasteiger partial charge in [-0.2, -0.15) is 0 Å². The van der Waals surface area contributed by atoms with Crippen LogP contribution in [-0.2, 0) is 12.8 Å². The largest absolute Gasteiger partial charge is 0.388 e. The molecule has 0 fully saturated rings. The van der Waals surface area contributed by atoms with Crippen LogP contribution >= 0.6 is 0 Å². The zero-order valence-electron chi connectivity index (χ0n) is 11.5. The van der Waals surface area contributed by atoms with Crippen molar-refractivity contribution in [1.82, 2.24) is 4.98 Å². The average molecular weight is 268 g/mol. The molecule has 1 aromatic carbocycles. The third-order valence-electron chi connectivity index (χ3n) is 4.23. The van der Waals surface area contributed by atoms with Crippen LogP contribution in [-0.4, -0.2) is 16.6 Å². The normalized spacial score (nSPS) is 16.7. The van der Waals surface area contributed by atoms with E-state index in [1.807, 2.05) is 18.2 Å². The first kappa shape index (κ1) is 13.3. The second kappa shape index (κ2) is 5.73. The molecule has 1 heterocycles. The Morgan fingerprint density at radius 3 is 2.55 bits per heavy atom. The van der Waals surface area contributed by atoms with E-state index >= 15 is 0 Å². The number of fused-ring (bicyclic) bond motifs is 1. The Hall–Kier alpha value is -1.71. The molecule has 0 amide bonds. The summed E-state index contributed by atoms with van der Waals surface area (Å²) < 4.78 is 0. The van der Waals surface area contributed by atoms with Gasteiger partial charge >= 0.3 is 0 Å². The lowest BCUT2D eigenvalue weighted by molar-refractivity contribution is 0.147. The number of pyridine rings is 1. The van der Waals surface area contributed by atoms with Gasteiger partial charge in [0.15, 0.2) is 0 Å². The molecular weight excluding hydrogens is 248 g/mol. The minimum atomic E-state index is -0.562. The van der Waals surface area contributed by atoms with Crippen LogP contribution in [0, 0.1) is 0 Å². The van der Waals surface area contributed by atoms with Crippen molar-refractivity contribution >= 4 is 0 Å². The Balaban J connectivity index is 1.89. The highest BCUT2D eigenvalue weighted by molar-refractivity contribution is 5.37. The Kier molecular flexibility index (Phi) is 3.81. The van der Waals surface area contributed by atoms with Crippen LogP contribution in [0.25, 0.3) is 0 Å². The molecule has 0 aliphatic heterocycles. The summed E-state index contributed by atoms with van der Waals surface area (Å²) in [6.45, 7) is 0.419. The van der Waals surface area contributed by atoms with Crippen molar-refractivity contribution in [2.24, 2.45) is 5.73 Å². The second-order valence-corrected chi connectivity index (χ2v) is 5.45. The van der Waals surface area contributed by atoms with Gasteiger partial charge < -0.3 is 10.8 Å². The number of aliphatic hydroxyl groups is 1. The van der Waals surface area contributed by atoms with Crippen molar-refractivity contribution in [3.63, 3.8) is 0 Å². The highest BCUT2D eigenvalue weighted by Crippen LogP contribution is 2.32. The summed E-state index contributed by atoms with van der Waals surface area (Å²) in [7, 11) is 0. The Bertz CT molecular complexity index is 583. The van der Waals surface area contributed by atoms with Crippen molar-refractivity contribution in [1.29, 1.82) is 0 Å². The van der Waals surface area contributed by atoms with Crippen molar-refractivity contribution in [2.45, 2.75) is 31.3 Å². The van der Waals surface area contributed by atoms with E-state index in [0.717, 1.165) is 24.0 Å². The number of nitrogens with two attached hydrogens (primary N) is 1. The molecule has 2 atom stereocenters. The molecule has 3 heteroatoms. The van der Waals surface area contributed by atoms with Gasteiger partial charge in [0, 0.05) is 24.9 Å². The number of hydrogen-bond donors (Lipinski definition) is 2. The molecule has 3 rings (SSSR count). The molecule has 0 bridgehead atoms. The lowest BCUT2D eigenvalue weighted by Gasteiger charge is -2.22. The molecule has 2 unspecified atom stereocenters. The molecule has 104 valence electrons. The quantitative estimate of drug-likeness (QED) is 0.895. The van der Waals surface area contributed by atoms with Crippen molar-refractivity contribution in [3.05, 3.63) is 65.0 Å². The van der Waals surface area contributed by atoms with Gasteiger partial charge in [0.25, 0.3) is 0 Å². The van der Waals surface area contributed by atoms with Crippen LogP contribution in [0.2, 0.25) is 0 Å². The van der Waals surface area contributed by atoms with Gasteiger partial charge in [-0.3, -0.25) is 4.98 Å². The second-order valence-electron chi connectivity index (χ2n) is 5.45. The summed E-state index contributed by atoms with van der Waals surface area (Å²) in [5, 5.41) is 10.7. The van der Waals surface area contributed by atoms with Crippen LogP contribution in [0.15, 0.2) is 42.7 Å². The Morgan fingerprint density at radius 2 is 1.80 bits per heavy atom. The van der Waals surface area contributed by atoms with E-state index in [-0.39, 0.29) is 5.92 Å². The molecular formula is C17H20N2O. The van der Waals surface area contributed by atoms with Crippen LogP contribution in [0.1, 0.15) is 40.7 Å². The number of hydrogen-bond acceptors (Lipinski definition) is 3. The van der Waals surface area contributed by atoms with Crippen molar-refractivity contribution in [3.8, 4) is 0 Å².